The van der Waals surface area contributed by atoms with Crippen LogP contribution in [-0.2, 0) is 4.79 Å². The molecule has 2 fully saturated rings. The second kappa shape index (κ2) is 8.67. The quantitative estimate of drug-likeness (QED) is 0.691. The number of anilines is 1. The third-order valence-electron chi connectivity index (χ3n) is 5.84. The Bertz CT molecular complexity index is 986. The Labute approximate surface area is 180 Å². The van der Waals surface area contributed by atoms with Gasteiger partial charge in [0.1, 0.15) is 18.0 Å². The van der Waals surface area contributed by atoms with Crippen molar-refractivity contribution in [3.63, 3.8) is 0 Å². The first kappa shape index (κ1) is 20.7. The van der Waals surface area contributed by atoms with E-state index >= 15 is 0 Å². The minimum atomic E-state index is -0.294. The van der Waals surface area contributed by atoms with Crippen LogP contribution in [0.25, 0.3) is 0 Å². The molecule has 8 heteroatoms. The SMILES string of the molecule is COc1ccc(C(=O)N2CCC(N3CC(=O)N(c4ccccc4)C3=O)CC2)c(OC)c1. The third kappa shape index (κ3) is 3.93. The highest BCUT2D eigenvalue weighted by Crippen LogP contribution is 2.29. The summed E-state index contributed by atoms with van der Waals surface area (Å²) < 4.78 is 10.6. The van der Waals surface area contributed by atoms with Crippen LogP contribution in [0.1, 0.15) is 23.2 Å². The lowest BCUT2D eigenvalue weighted by molar-refractivity contribution is -0.116. The van der Waals surface area contributed by atoms with Gasteiger partial charge in [0.05, 0.1) is 25.5 Å². The fourth-order valence-electron chi connectivity index (χ4n) is 4.16. The Morgan fingerprint density at radius 1 is 0.968 bits per heavy atom. The molecule has 4 rings (SSSR count). The molecule has 0 aliphatic carbocycles. The third-order valence-corrected chi connectivity index (χ3v) is 5.84. The molecule has 0 aromatic heterocycles. The molecule has 0 spiro atoms. The second-order valence-electron chi connectivity index (χ2n) is 7.56. The maximum atomic E-state index is 13.0. The molecular weight excluding hydrogens is 398 g/mol. The number of nitrogens with zero attached hydrogens (tertiary/aromatic N) is 3. The van der Waals surface area contributed by atoms with Gasteiger partial charge in [0.15, 0.2) is 0 Å². The van der Waals surface area contributed by atoms with Crippen LogP contribution in [0.2, 0.25) is 0 Å². The Morgan fingerprint density at radius 3 is 2.32 bits per heavy atom. The van der Waals surface area contributed by atoms with Gasteiger partial charge < -0.3 is 19.3 Å². The van der Waals surface area contributed by atoms with Crippen LogP contribution in [-0.4, -0.2) is 67.5 Å². The standard InChI is InChI=1S/C23H25N3O5/c1-30-18-8-9-19(20(14-18)31-2)22(28)24-12-10-16(11-13-24)25-15-21(27)26(23(25)29)17-6-4-3-5-7-17/h3-9,14,16H,10-13,15H2,1-2H3. The Balaban J connectivity index is 1.42. The lowest BCUT2D eigenvalue weighted by Crippen LogP contribution is -2.48. The normalized spacial score (nSPS) is 17.3. The molecule has 2 aromatic rings. The molecule has 4 amide bonds. The first-order chi connectivity index (χ1) is 15.0. The fourth-order valence-corrected chi connectivity index (χ4v) is 4.16. The van der Waals surface area contributed by atoms with Crippen LogP contribution < -0.4 is 14.4 Å². The predicted molar refractivity (Wildman–Crippen MR) is 115 cm³/mol. The molecular formula is C23H25N3O5. The Hall–Kier alpha value is -3.55. The summed E-state index contributed by atoms with van der Waals surface area (Å²) in [4.78, 5) is 43.1. The molecule has 2 aliphatic heterocycles. The van der Waals surface area contributed by atoms with Crippen molar-refractivity contribution in [3.05, 3.63) is 54.1 Å². The number of carbonyl (C=O) groups is 3. The minimum absolute atomic E-state index is 0.0681. The molecule has 0 N–H and O–H groups in total. The summed E-state index contributed by atoms with van der Waals surface area (Å²) in [6.45, 7) is 1.07. The van der Waals surface area contributed by atoms with Crippen molar-refractivity contribution in [1.82, 2.24) is 9.80 Å². The van der Waals surface area contributed by atoms with Crippen molar-refractivity contribution in [2.45, 2.75) is 18.9 Å². The summed E-state index contributed by atoms with van der Waals surface area (Å²) in [5, 5.41) is 0. The fraction of sp³-hybridized carbons (Fsp3) is 0.348. The van der Waals surface area contributed by atoms with E-state index in [0.29, 0.717) is 48.7 Å². The number of piperidine rings is 1. The molecule has 2 aliphatic rings. The highest BCUT2D eigenvalue weighted by molar-refractivity contribution is 6.19. The molecule has 0 radical (unpaired) electrons. The van der Waals surface area contributed by atoms with Gasteiger partial charge in [-0.15, -0.1) is 0 Å². The molecule has 0 saturated carbocycles. The van der Waals surface area contributed by atoms with Crippen molar-refractivity contribution in [1.29, 1.82) is 0 Å². The van der Waals surface area contributed by atoms with Crippen molar-refractivity contribution in [3.8, 4) is 11.5 Å². The first-order valence-electron chi connectivity index (χ1n) is 10.2. The summed E-state index contributed by atoms with van der Waals surface area (Å²) in [6.07, 6.45) is 1.23. The van der Waals surface area contributed by atoms with E-state index < -0.39 is 0 Å². The van der Waals surface area contributed by atoms with Crippen molar-refractivity contribution in [2.24, 2.45) is 0 Å². The number of ether oxygens (including phenoxy) is 2. The van der Waals surface area contributed by atoms with E-state index in [1.54, 1.807) is 59.4 Å². The number of hydrogen-bond acceptors (Lipinski definition) is 5. The maximum Gasteiger partial charge on any atom is 0.332 e. The number of urea groups is 1. The number of hydrogen-bond donors (Lipinski definition) is 0. The van der Waals surface area contributed by atoms with Gasteiger partial charge in [-0.2, -0.15) is 0 Å². The smallest absolute Gasteiger partial charge is 0.332 e. The summed E-state index contributed by atoms with van der Waals surface area (Å²) in [6, 6.07) is 13.7. The molecule has 2 aromatic carbocycles. The number of imide groups is 1. The van der Waals surface area contributed by atoms with Gasteiger partial charge in [0, 0.05) is 25.2 Å². The van der Waals surface area contributed by atoms with Gasteiger partial charge in [0.2, 0.25) is 0 Å². The van der Waals surface area contributed by atoms with E-state index in [2.05, 4.69) is 0 Å². The van der Waals surface area contributed by atoms with Gasteiger partial charge in [-0.25, -0.2) is 9.69 Å². The van der Waals surface area contributed by atoms with E-state index in [0.717, 1.165) is 0 Å². The number of rotatable bonds is 5. The average molecular weight is 423 g/mol. The Morgan fingerprint density at radius 2 is 1.68 bits per heavy atom. The number of carbonyl (C=O) groups excluding carboxylic acids is 3. The van der Waals surface area contributed by atoms with Crippen LogP contribution in [0.15, 0.2) is 48.5 Å². The lowest BCUT2D eigenvalue weighted by atomic mass is 10.0. The number of para-hydroxylation sites is 1. The summed E-state index contributed by atoms with van der Waals surface area (Å²) in [5.74, 6) is 0.739. The van der Waals surface area contributed by atoms with Crippen molar-refractivity contribution in [2.75, 3.05) is 38.8 Å². The van der Waals surface area contributed by atoms with Crippen LogP contribution in [0.3, 0.4) is 0 Å². The number of benzene rings is 2. The number of likely N-dealkylation sites (tertiary alicyclic amines) is 1. The average Bonchev–Trinajstić information content (AvgIpc) is 3.12. The van der Waals surface area contributed by atoms with Gasteiger partial charge in [-0.1, -0.05) is 18.2 Å². The Kier molecular flexibility index (Phi) is 5.79. The lowest BCUT2D eigenvalue weighted by Gasteiger charge is -2.36. The molecule has 2 heterocycles. The molecule has 0 atom stereocenters. The molecule has 162 valence electrons. The minimum Gasteiger partial charge on any atom is -0.497 e. The second-order valence-corrected chi connectivity index (χ2v) is 7.56. The molecule has 0 unspecified atom stereocenters. The first-order valence-corrected chi connectivity index (χ1v) is 10.2. The molecule has 0 bridgehead atoms. The van der Waals surface area contributed by atoms with Gasteiger partial charge in [-0.3, -0.25) is 9.59 Å². The largest absolute Gasteiger partial charge is 0.497 e. The van der Waals surface area contributed by atoms with E-state index in [9.17, 15) is 14.4 Å². The van der Waals surface area contributed by atoms with Gasteiger partial charge in [-0.05, 0) is 37.1 Å². The van der Waals surface area contributed by atoms with Gasteiger partial charge >= 0.3 is 6.03 Å². The van der Waals surface area contributed by atoms with Crippen LogP contribution in [0, 0.1) is 0 Å². The van der Waals surface area contributed by atoms with E-state index in [-0.39, 0.29) is 30.4 Å². The van der Waals surface area contributed by atoms with Crippen molar-refractivity contribution >= 4 is 23.5 Å². The zero-order valence-electron chi connectivity index (χ0n) is 17.6. The summed E-state index contributed by atoms with van der Waals surface area (Å²) in [7, 11) is 3.08. The number of amides is 4. The van der Waals surface area contributed by atoms with Crippen LogP contribution >= 0.6 is 0 Å². The van der Waals surface area contributed by atoms with E-state index in [4.69, 9.17) is 9.47 Å². The number of methoxy groups -OCH3 is 2. The summed E-state index contributed by atoms with van der Waals surface area (Å²) in [5.41, 5.74) is 1.06. The highest BCUT2D eigenvalue weighted by Gasteiger charge is 2.41. The van der Waals surface area contributed by atoms with E-state index in [1.165, 1.54) is 12.0 Å². The van der Waals surface area contributed by atoms with Crippen LogP contribution in [0.4, 0.5) is 10.5 Å². The summed E-state index contributed by atoms with van der Waals surface area (Å²) >= 11 is 0. The highest BCUT2D eigenvalue weighted by atomic mass is 16.5. The predicted octanol–water partition coefficient (Wildman–Crippen LogP) is 2.78. The molecule has 8 nitrogen and oxygen atoms in total. The zero-order chi connectivity index (χ0) is 22.0. The zero-order valence-corrected chi connectivity index (χ0v) is 17.6. The molecule has 2 saturated heterocycles. The van der Waals surface area contributed by atoms with Gasteiger partial charge in [0.25, 0.3) is 11.8 Å². The molecule has 31 heavy (non-hydrogen) atoms. The topological polar surface area (TPSA) is 79.4 Å². The monoisotopic (exact) mass is 423 g/mol. The maximum absolute atomic E-state index is 13.0. The van der Waals surface area contributed by atoms with Crippen molar-refractivity contribution < 1.29 is 23.9 Å². The van der Waals surface area contributed by atoms with Crippen LogP contribution in [0.5, 0.6) is 11.5 Å². The van der Waals surface area contributed by atoms with E-state index in [1.807, 2.05) is 6.07 Å².